The molecule has 0 aliphatic heterocycles. The lowest BCUT2D eigenvalue weighted by Crippen LogP contribution is -2.59. The number of hydrogen-bond donors (Lipinski definition) is 6. The van der Waals surface area contributed by atoms with Gasteiger partial charge in [0.25, 0.3) is 0 Å². The quantitative estimate of drug-likeness (QED) is 0.0635. The van der Waals surface area contributed by atoms with E-state index in [9.17, 15) is 33.9 Å². The second-order valence-corrected chi connectivity index (χ2v) is 14.3. The van der Waals surface area contributed by atoms with E-state index >= 15 is 0 Å². The number of pyridine rings is 1. The summed E-state index contributed by atoms with van der Waals surface area (Å²) in [7, 11) is 0. The average Bonchev–Trinajstić information content (AvgIpc) is 3.74. The molecule has 0 spiro atoms. The molecule has 14 heteroatoms. The van der Waals surface area contributed by atoms with E-state index in [1.165, 1.54) is 17.5 Å². The maximum atomic E-state index is 14.3. The number of thiophene rings is 1. The van der Waals surface area contributed by atoms with E-state index in [-0.39, 0.29) is 38.0 Å². The maximum absolute atomic E-state index is 14.3. The predicted octanol–water partition coefficient (Wildman–Crippen LogP) is 4.08. The van der Waals surface area contributed by atoms with Crippen molar-refractivity contribution in [3.63, 3.8) is 0 Å². The first-order valence-corrected chi connectivity index (χ1v) is 19.3. The third kappa shape index (κ3) is 12.7. The summed E-state index contributed by atoms with van der Waals surface area (Å²) in [5.41, 5.74) is 4.38. The summed E-state index contributed by atoms with van der Waals surface area (Å²) in [6.45, 7) is 1.68. The molecule has 0 aliphatic carbocycles. The van der Waals surface area contributed by atoms with Gasteiger partial charge in [0.2, 0.25) is 30.0 Å². The molecule has 0 radical (unpaired) electrons. The van der Waals surface area contributed by atoms with Crippen LogP contribution in [0.25, 0.3) is 11.1 Å². The van der Waals surface area contributed by atoms with Crippen molar-refractivity contribution in [3.05, 3.63) is 142 Å². The summed E-state index contributed by atoms with van der Waals surface area (Å²) in [6, 6.07) is 26.1. The number of aliphatic carboxylic acids is 1. The molecular formula is C43H44N6O7S. The highest BCUT2D eigenvalue weighted by molar-refractivity contribution is 7.09. The lowest BCUT2D eigenvalue weighted by atomic mass is 9.99. The Hall–Kier alpha value is -6.67. The Kier molecular flexibility index (Phi) is 15.2. The molecule has 5 rings (SSSR count). The van der Waals surface area contributed by atoms with E-state index in [1.54, 1.807) is 49.5 Å². The number of carboxylic acid groups (broad SMARTS) is 1. The molecule has 0 fully saturated rings. The number of rotatable bonds is 20. The van der Waals surface area contributed by atoms with Gasteiger partial charge in [-0.05, 0) is 57.5 Å². The van der Waals surface area contributed by atoms with E-state index in [0.717, 1.165) is 21.6 Å². The minimum absolute atomic E-state index is 0.0357. The standard InChI is InChI=1S/C43H44N6O7S/c1-2-39(51)46-37(25-34-11-7-21-57-34)42(54)47-35(22-28-12-16-32(17-13-28)31-9-4-3-5-10-31)40(52)48-36(24-30-8-6-20-44-26-30)41(53)49-38(43(55)56)23-29-14-18-33(19-15-29)45-27-50/h3-21,26-27,35-38H,2,22-25H2,1H3,(H,45,50)(H,46,51)(H,47,54)(H,48,52)(H,49,53)(H,55,56)/t35-,36+,37+,38-/m0/s1. The second-order valence-electron chi connectivity index (χ2n) is 13.3. The van der Waals surface area contributed by atoms with E-state index in [0.29, 0.717) is 23.2 Å². The van der Waals surface area contributed by atoms with Gasteiger partial charge in [-0.2, -0.15) is 0 Å². The molecular weight excluding hydrogens is 745 g/mol. The Morgan fingerprint density at radius 1 is 0.632 bits per heavy atom. The largest absolute Gasteiger partial charge is 0.480 e. The molecule has 0 bridgehead atoms. The van der Waals surface area contributed by atoms with Crippen LogP contribution in [0.1, 0.15) is 34.9 Å². The van der Waals surface area contributed by atoms with Gasteiger partial charge in [-0.3, -0.25) is 29.0 Å². The van der Waals surface area contributed by atoms with Crippen molar-refractivity contribution in [3.8, 4) is 11.1 Å². The number of amides is 5. The fourth-order valence-corrected chi connectivity index (χ4v) is 6.82. The number of nitrogens with one attached hydrogen (secondary N) is 5. The van der Waals surface area contributed by atoms with Gasteiger partial charge in [-0.1, -0.05) is 85.8 Å². The normalized spacial score (nSPS) is 12.9. The number of carbonyl (C=O) groups is 6. The van der Waals surface area contributed by atoms with Crippen molar-refractivity contribution < 1.29 is 33.9 Å². The summed E-state index contributed by atoms with van der Waals surface area (Å²) in [5.74, 6) is -3.66. The first-order valence-electron chi connectivity index (χ1n) is 18.4. The molecule has 0 saturated carbocycles. The Morgan fingerprint density at radius 3 is 1.74 bits per heavy atom. The summed E-state index contributed by atoms with van der Waals surface area (Å²) in [5, 5.41) is 25.4. The van der Waals surface area contributed by atoms with Crippen LogP contribution in [0, 0.1) is 0 Å². The van der Waals surface area contributed by atoms with Crippen LogP contribution in [-0.2, 0) is 54.5 Å². The van der Waals surface area contributed by atoms with Crippen LogP contribution in [0.5, 0.6) is 0 Å². The molecule has 4 atom stereocenters. The van der Waals surface area contributed by atoms with E-state index in [2.05, 4.69) is 31.6 Å². The van der Waals surface area contributed by atoms with Crippen molar-refractivity contribution >= 4 is 53.0 Å². The molecule has 294 valence electrons. The van der Waals surface area contributed by atoms with Gasteiger partial charge in [0.15, 0.2) is 0 Å². The molecule has 2 aromatic heterocycles. The molecule has 3 aromatic carbocycles. The molecule has 0 aliphatic rings. The monoisotopic (exact) mass is 788 g/mol. The fraction of sp³-hybridized carbons (Fsp3) is 0.233. The zero-order valence-corrected chi connectivity index (χ0v) is 32.0. The number of hydrogen-bond acceptors (Lipinski definition) is 8. The number of benzene rings is 3. The van der Waals surface area contributed by atoms with E-state index < -0.39 is 47.9 Å². The third-order valence-corrected chi connectivity index (χ3v) is 10.0. The number of nitrogens with zero attached hydrogens (tertiary/aromatic N) is 1. The Bertz CT molecular complexity index is 2100. The third-order valence-electron chi connectivity index (χ3n) is 9.12. The van der Waals surface area contributed by atoms with Crippen molar-refractivity contribution in [1.82, 2.24) is 26.3 Å². The number of carbonyl (C=O) groups excluding carboxylic acids is 5. The second kappa shape index (κ2) is 20.9. The van der Waals surface area contributed by atoms with Gasteiger partial charge in [0, 0.05) is 55.1 Å². The lowest BCUT2D eigenvalue weighted by Gasteiger charge is -2.26. The first-order chi connectivity index (χ1) is 27.6. The average molecular weight is 789 g/mol. The summed E-state index contributed by atoms with van der Waals surface area (Å²) in [6.07, 6.45) is 3.89. The zero-order chi connectivity index (χ0) is 40.6. The highest BCUT2D eigenvalue weighted by Crippen LogP contribution is 2.20. The summed E-state index contributed by atoms with van der Waals surface area (Å²) in [4.78, 5) is 82.9. The summed E-state index contributed by atoms with van der Waals surface area (Å²) >= 11 is 1.44. The Balaban J connectivity index is 1.41. The molecule has 5 aromatic rings. The minimum atomic E-state index is -1.37. The molecule has 57 heavy (non-hydrogen) atoms. The first kappa shape index (κ1) is 41.5. The van der Waals surface area contributed by atoms with E-state index in [1.807, 2.05) is 72.1 Å². The van der Waals surface area contributed by atoms with Gasteiger partial charge in [0.1, 0.15) is 24.2 Å². The summed E-state index contributed by atoms with van der Waals surface area (Å²) < 4.78 is 0. The van der Waals surface area contributed by atoms with Gasteiger partial charge in [0.05, 0.1) is 0 Å². The number of anilines is 1. The van der Waals surface area contributed by atoms with Crippen LogP contribution in [-0.4, -0.2) is 70.3 Å². The lowest BCUT2D eigenvalue weighted by molar-refractivity contribution is -0.142. The molecule has 13 nitrogen and oxygen atoms in total. The van der Waals surface area contributed by atoms with Crippen LogP contribution in [0.4, 0.5) is 5.69 Å². The molecule has 5 amide bonds. The van der Waals surface area contributed by atoms with Crippen LogP contribution >= 0.6 is 11.3 Å². The molecule has 6 N–H and O–H groups in total. The highest BCUT2D eigenvalue weighted by atomic mass is 32.1. The molecule has 0 saturated heterocycles. The van der Waals surface area contributed by atoms with Crippen LogP contribution in [0.2, 0.25) is 0 Å². The van der Waals surface area contributed by atoms with Gasteiger partial charge < -0.3 is 31.7 Å². The smallest absolute Gasteiger partial charge is 0.326 e. The van der Waals surface area contributed by atoms with Crippen molar-refractivity contribution in [2.75, 3.05) is 5.32 Å². The molecule has 0 unspecified atom stereocenters. The van der Waals surface area contributed by atoms with Crippen LogP contribution in [0.15, 0.2) is 121 Å². The Morgan fingerprint density at radius 2 is 1.19 bits per heavy atom. The van der Waals surface area contributed by atoms with Crippen molar-refractivity contribution in [2.24, 2.45) is 0 Å². The maximum Gasteiger partial charge on any atom is 0.326 e. The minimum Gasteiger partial charge on any atom is -0.480 e. The van der Waals surface area contributed by atoms with Crippen LogP contribution < -0.4 is 26.6 Å². The molecule has 2 heterocycles. The van der Waals surface area contributed by atoms with Gasteiger partial charge in [-0.15, -0.1) is 11.3 Å². The van der Waals surface area contributed by atoms with E-state index in [4.69, 9.17) is 0 Å². The van der Waals surface area contributed by atoms with Gasteiger partial charge >= 0.3 is 5.97 Å². The topological polar surface area (TPSA) is 196 Å². The highest BCUT2D eigenvalue weighted by Gasteiger charge is 2.32. The van der Waals surface area contributed by atoms with Crippen LogP contribution in [0.3, 0.4) is 0 Å². The predicted molar refractivity (Wildman–Crippen MR) is 217 cm³/mol. The number of aromatic nitrogens is 1. The van der Waals surface area contributed by atoms with Crippen molar-refractivity contribution in [2.45, 2.75) is 63.2 Å². The fourth-order valence-electron chi connectivity index (χ4n) is 6.07. The van der Waals surface area contributed by atoms with Gasteiger partial charge in [-0.25, -0.2) is 4.79 Å². The Labute approximate surface area is 334 Å². The number of carboxylic acids is 1. The van der Waals surface area contributed by atoms with Crippen molar-refractivity contribution in [1.29, 1.82) is 0 Å². The SMILES string of the molecule is CCC(=O)N[C@H](Cc1cccs1)C(=O)N[C@@H](Cc1ccc(-c2ccccc2)cc1)C(=O)N[C@H](Cc1cccnc1)C(=O)N[C@@H](Cc1ccc(NC=O)cc1)C(=O)O. The zero-order valence-electron chi connectivity index (χ0n) is 31.2.